The van der Waals surface area contributed by atoms with E-state index in [0.717, 1.165) is 24.2 Å². The van der Waals surface area contributed by atoms with Crippen molar-refractivity contribution in [1.29, 1.82) is 0 Å². The van der Waals surface area contributed by atoms with Crippen LogP contribution in [0.5, 0.6) is 0 Å². The van der Waals surface area contributed by atoms with E-state index in [4.69, 9.17) is 0 Å². The van der Waals surface area contributed by atoms with E-state index in [1.54, 1.807) is 0 Å². The highest BCUT2D eigenvalue weighted by molar-refractivity contribution is 5.22. The number of hydrogen-bond donors (Lipinski definition) is 1. The fourth-order valence-electron chi connectivity index (χ4n) is 0.736. The normalized spacial score (nSPS) is 10.9. The first kappa shape index (κ1) is 11.8. The summed E-state index contributed by atoms with van der Waals surface area (Å²) in [6.07, 6.45) is 8.95. The average Bonchev–Trinajstić information content (AvgIpc) is 2.08. The summed E-state index contributed by atoms with van der Waals surface area (Å²) in [5.41, 5.74) is 2.00. The summed E-state index contributed by atoms with van der Waals surface area (Å²) in [5.74, 6) is 0. The molecule has 1 nitrogen and oxygen atoms in total. The summed E-state index contributed by atoms with van der Waals surface area (Å²) >= 11 is 0. The number of hydrogen-bond acceptors (Lipinski definition) is 1. The third-order valence-corrected chi connectivity index (χ3v) is 1.39. The van der Waals surface area contributed by atoms with Crippen molar-refractivity contribution in [3.8, 4) is 0 Å². The Balaban J connectivity index is 3.71. The second-order valence-corrected chi connectivity index (χ2v) is 3.02. The summed E-state index contributed by atoms with van der Waals surface area (Å²) in [6.45, 7) is 12.7. The molecule has 0 radical (unpaired) electrons. The lowest BCUT2D eigenvalue weighted by Crippen LogP contribution is -2.10. The Hall–Kier alpha value is -1.24. The molecule has 0 rings (SSSR count). The lowest BCUT2D eigenvalue weighted by molar-refractivity contribution is 0.787. The van der Waals surface area contributed by atoms with Crippen LogP contribution in [0.3, 0.4) is 0 Å². The Morgan fingerprint density at radius 3 is 2.38 bits per heavy atom. The van der Waals surface area contributed by atoms with Crippen LogP contribution in [-0.2, 0) is 0 Å². The Labute approximate surface area is 81.5 Å². The van der Waals surface area contributed by atoms with Crippen molar-refractivity contribution in [3.05, 3.63) is 48.7 Å². The topological polar surface area (TPSA) is 12.0 Å². The van der Waals surface area contributed by atoms with E-state index in [1.165, 1.54) is 0 Å². The van der Waals surface area contributed by atoms with Crippen molar-refractivity contribution < 1.29 is 0 Å². The SMILES string of the molecule is C=C(C)/C=C\C=C/C(=C)NCCC. The van der Waals surface area contributed by atoms with Crippen LogP contribution in [0.1, 0.15) is 20.3 Å². The van der Waals surface area contributed by atoms with Crippen molar-refractivity contribution in [2.24, 2.45) is 0 Å². The standard InChI is InChI=1S/C12H19N/c1-5-10-13-12(4)9-7-6-8-11(2)3/h6-9,13H,2,4-5,10H2,1,3H3/b8-6-,9-7-. The first-order valence-corrected chi connectivity index (χ1v) is 4.60. The number of allylic oxidation sites excluding steroid dienone is 5. The van der Waals surface area contributed by atoms with Gasteiger partial charge in [0.15, 0.2) is 0 Å². The van der Waals surface area contributed by atoms with Crippen LogP contribution < -0.4 is 5.32 Å². The molecule has 0 saturated carbocycles. The van der Waals surface area contributed by atoms with Crippen LogP contribution >= 0.6 is 0 Å². The molecule has 0 aromatic rings. The summed E-state index contributed by atoms with van der Waals surface area (Å²) in [4.78, 5) is 0. The second kappa shape index (κ2) is 7.41. The van der Waals surface area contributed by atoms with Gasteiger partial charge in [0, 0.05) is 12.2 Å². The molecular formula is C12H19N. The van der Waals surface area contributed by atoms with Gasteiger partial charge in [-0.25, -0.2) is 0 Å². The van der Waals surface area contributed by atoms with Crippen molar-refractivity contribution in [1.82, 2.24) is 5.32 Å². The van der Waals surface area contributed by atoms with Crippen LogP contribution in [0.4, 0.5) is 0 Å². The molecule has 0 amide bonds. The molecule has 1 heteroatoms. The summed E-state index contributed by atoms with van der Waals surface area (Å²) < 4.78 is 0. The molecule has 0 aliphatic heterocycles. The van der Waals surface area contributed by atoms with E-state index in [1.807, 2.05) is 31.2 Å². The molecular weight excluding hydrogens is 158 g/mol. The lowest BCUT2D eigenvalue weighted by atomic mass is 10.3. The molecule has 0 unspecified atom stereocenters. The van der Waals surface area contributed by atoms with Gasteiger partial charge < -0.3 is 5.32 Å². The van der Waals surface area contributed by atoms with Gasteiger partial charge in [0.1, 0.15) is 0 Å². The minimum Gasteiger partial charge on any atom is -0.386 e. The van der Waals surface area contributed by atoms with Crippen molar-refractivity contribution >= 4 is 0 Å². The molecule has 0 spiro atoms. The molecule has 0 aliphatic carbocycles. The lowest BCUT2D eigenvalue weighted by Gasteiger charge is -2.01. The van der Waals surface area contributed by atoms with Gasteiger partial charge in [0.2, 0.25) is 0 Å². The van der Waals surface area contributed by atoms with E-state index >= 15 is 0 Å². The van der Waals surface area contributed by atoms with Gasteiger partial charge in [-0.15, -0.1) is 0 Å². The third-order valence-electron chi connectivity index (χ3n) is 1.39. The Morgan fingerprint density at radius 2 is 1.85 bits per heavy atom. The first-order valence-electron chi connectivity index (χ1n) is 4.60. The molecule has 0 aliphatic rings. The van der Waals surface area contributed by atoms with E-state index < -0.39 is 0 Å². The smallest absolute Gasteiger partial charge is 0.0267 e. The second-order valence-electron chi connectivity index (χ2n) is 3.02. The van der Waals surface area contributed by atoms with Gasteiger partial charge >= 0.3 is 0 Å². The quantitative estimate of drug-likeness (QED) is 0.614. The maximum absolute atomic E-state index is 3.85. The van der Waals surface area contributed by atoms with E-state index in [9.17, 15) is 0 Å². The average molecular weight is 177 g/mol. The summed E-state index contributed by atoms with van der Waals surface area (Å²) in [5, 5.41) is 3.18. The molecule has 1 N–H and O–H groups in total. The van der Waals surface area contributed by atoms with E-state index in [0.29, 0.717) is 0 Å². The number of nitrogens with one attached hydrogen (secondary N) is 1. The minimum absolute atomic E-state index is 0.952. The molecule has 72 valence electrons. The zero-order chi connectivity index (χ0) is 10.1. The predicted molar refractivity (Wildman–Crippen MR) is 60.5 cm³/mol. The van der Waals surface area contributed by atoms with Crippen molar-refractivity contribution in [3.63, 3.8) is 0 Å². The summed E-state index contributed by atoms with van der Waals surface area (Å²) in [6, 6.07) is 0. The largest absolute Gasteiger partial charge is 0.386 e. The molecule has 0 fully saturated rings. The first-order chi connectivity index (χ1) is 6.16. The zero-order valence-corrected chi connectivity index (χ0v) is 8.64. The molecule has 0 aromatic heterocycles. The molecule has 0 atom stereocenters. The molecule has 13 heavy (non-hydrogen) atoms. The maximum Gasteiger partial charge on any atom is 0.0267 e. The van der Waals surface area contributed by atoms with Crippen LogP contribution in [0.25, 0.3) is 0 Å². The van der Waals surface area contributed by atoms with Crippen LogP contribution in [-0.4, -0.2) is 6.54 Å². The van der Waals surface area contributed by atoms with Crippen LogP contribution in [0.2, 0.25) is 0 Å². The highest BCUT2D eigenvalue weighted by atomic mass is 14.9. The number of rotatable bonds is 6. The van der Waals surface area contributed by atoms with Crippen LogP contribution in [0, 0.1) is 0 Å². The Kier molecular flexibility index (Phi) is 6.70. The van der Waals surface area contributed by atoms with Crippen molar-refractivity contribution in [2.75, 3.05) is 6.54 Å². The van der Waals surface area contributed by atoms with Gasteiger partial charge in [-0.3, -0.25) is 0 Å². The maximum atomic E-state index is 3.85. The van der Waals surface area contributed by atoms with Crippen LogP contribution in [0.15, 0.2) is 48.7 Å². The molecule has 0 bridgehead atoms. The fraction of sp³-hybridized carbons (Fsp3) is 0.333. The van der Waals surface area contributed by atoms with Gasteiger partial charge in [-0.1, -0.05) is 43.9 Å². The monoisotopic (exact) mass is 177 g/mol. The fourth-order valence-corrected chi connectivity index (χ4v) is 0.736. The minimum atomic E-state index is 0.952. The third kappa shape index (κ3) is 8.67. The van der Waals surface area contributed by atoms with E-state index in [2.05, 4.69) is 25.4 Å². The van der Waals surface area contributed by atoms with E-state index in [-0.39, 0.29) is 0 Å². The molecule has 0 heterocycles. The van der Waals surface area contributed by atoms with Crippen molar-refractivity contribution in [2.45, 2.75) is 20.3 Å². The molecule has 0 saturated heterocycles. The Morgan fingerprint density at radius 1 is 1.23 bits per heavy atom. The Bertz CT molecular complexity index is 221. The molecule has 0 aromatic carbocycles. The van der Waals surface area contributed by atoms with Gasteiger partial charge in [-0.2, -0.15) is 0 Å². The van der Waals surface area contributed by atoms with Gasteiger partial charge in [0.05, 0.1) is 0 Å². The highest BCUT2D eigenvalue weighted by Crippen LogP contribution is 1.92. The predicted octanol–water partition coefficient (Wildman–Crippen LogP) is 3.19. The van der Waals surface area contributed by atoms with Gasteiger partial charge in [0.25, 0.3) is 0 Å². The zero-order valence-electron chi connectivity index (χ0n) is 8.64. The highest BCUT2D eigenvalue weighted by Gasteiger charge is 1.82. The van der Waals surface area contributed by atoms with Gasteiger partial charge in [-0.05, 0) is 19.4 Å². The summed E-state index contributed by atoms with van der Waals surface area (Å²) in [7, 11) is 0.